The van der Waals surface area contributed by atoms with Gasteiger partial charge in [0.2, 0.25) is 0 Å². The van der Waals surface area contributed by atoms with Gasteiger partial charge in [0.25, 0.3) is 15.9 Å². The van der Waals surface area contributed by atoms with Crippen molar-refractivity contribution >= 4 is 50.8 Å². The average molecular weight is 480 g/mol. The highest BCUT2D eigenvalue weighted by Crippen LogP contribution is 2.35. The molecule has 0 aliphatic heterocycles. The third-order valence-electron chi connectivity index (χ3n) is 4.01. The number of hydrazone groups is 1. The number of anilines is 1. The minimum absolute atomic E-state index is 0.116. The minimum atomic E-state index is -3.80. The number of ether oxygens (including phenoxy) is 2. The van der Waals surface area contributed by atoms with Crippen molar-refractivity contribution in [3.63, 3.8) is 0 Å². The van der Waals surface area contributed by atoms with Crippen molar-refractivity contribution in [1.82, 2.24) is 5.43 Å². The molecule has 162 valence electrons. The lowest BCUT2D eigenvalue weighted by Gasteiger charge is -2.11. The Balaban J connectivity index is 1.77. The van der Waals surface area contributed by atoms with Crippen molar-refractivity contribution in [2.24, 2.45) is 5.10 Å². The number of hydrogen-bond acceptors (Lipinski definition) is 7. The molecular weight excluding hydrogens is 462 g/mol. The van der Waals surface area contributed by atoms with E-state index in [1.165, 1.54) is 38.6 Å². The van der Waals surface area contributed by atoms with Gasteiger partial charge in [-0.05, 0) is 41.3 Å². The Morgan fingerprint density at radius 3 is 2.58 bits per heavy atom. The predicted octanol–water partition coefficient (Wildman–Crippen LogP) is 3.98. The van der Waals surface area contributed by atoms with Crippen molar-refractivity contribution in [3.05, 3.63) is 70.1 Å². The SMILES string of the molecule is COc1cc(/C=N\NC(=O)c2ccccc2NS(=O)(=O)c2cccs2)cc(Cl)c1OC. The lowest BCUT2D eigenvalue weighted by Crippen LogP contribution is -2.21. The first-order chi connectivity index (χ1) is 14.9. The number of hydrogen-bond donors (Lipinski definition) is 2. The van der Waals surface area contributed by atoms with Gasteiger partial charge in [-0.25, -0.2) is 13.8 Å². The molecule has 31 heavy (non-hydrogen) atoms. The molecule has 3 aromatic rings. The van der Waals surface area contributed by atoms with Crippen LogP contribution < -0.4 is 19.6 Å². The summed E-state index contributed by atoms with van der Waals surface area (Å²) < 4.78 is 37.9. The third kappa shape index (κ3) is 5.35. The van der Waals surface area contributed by atoms with Crippen molar-refractivity contribution in [3.8, 4) is 11.5 Å². The summed E-state index contributed by atoms with van der Waals surface area (Å²) in [7, 11) is -0.848. The van der Waals surface area contributed by atoms with Crippen LogP contribution in [0.3, 0.4) is 0 Å². The summed E-state index contributed by atoms with van der Waals surface area (Å²) in [5.74, 6) is 0.209. The molecule has 8 nitrogen and oxygen atoms in total. The number of nitrogens with zero attached hydrogens (tertiary/aromatic N) is 1. The van der Waals surface area contributed by atoms with Gasteiger partial charge in [-0.3, -0.25) is 9.52 Å². The molecule has 0 aliphatic carbocycles. The number of halogens is 1. The van der Waals surface area contributed by atoms with E-state index < -0.39 is 15.9 Å². The first-order valence-electron chi connectivity index (χ1n) is 8.76. The van der Waals surface area contributed by atoms with E-state index in [-0.39, 0.29) is 15.5 Å². The van der Waals surface area contributed by atoms with Gasteiger partial charge in [0.05, 0.1) is 36.7 Å². The van der Waals surface area contributed by atoms with E-state index in [0.717, 1.165) is 11.3 Å². The van der Waals surface area contributed by atoms with Gasteiger partial charge in [-0.2, -0.15) is 5.10 Å². The first kappa shape index (κ1) is 22.6. The van der Waals surface area contributed by atoms with Gasteiger partial charge in [-0.1, -0.05) is 29.8 Å². The fourth-order valence-corrected chi connectivity index (χ4v) is 4.99. The van der Waals surface area contributed by atoms with Crippen LogP contribution in [0.2, 0.25) is 5.02 Å². The van der Waals surface area contributed by atoms with Gasteiger partial charge in [-0.15, -0.1) is 11.3 Å². The summed E-state index contributed by atoms with van der Waals surface area (Å²) in [4.78, 5) is 12.6. The van der Waals surface area contributed by atoms with E-state index in [2.05, 4.69) is 15.2 Å². The summed E-state index contributed by atoms with van der Waals surface area (Å²) in [6, 6.07) is 12.6. The van der Waals surface area contributed by atoms with E-state index in [9.17, 15) is 13.2 Å². The molecular formula is C20H18ClN3O5S2. The van der Waals surface area contributed by atoms with Crippen molar-refractivity contribution in [2.45, 2.75) is 4.21 Å². The Hall–Kier alpha value is -3.08. The zero-order valence-electron chi connectivity index (χ0n) is 16.5. The zero-order valence-corrected chi connectivity index (χ0v) is 18.8. The first-order valence-corrected chi connectivity index (χ1v) is 11.5. The van der Waals surface area contributed by atoms with Gasteiger partial charge < -0.3 is 9.47 Å². The number of methoxy groups -OCH3 is 2. The van der Waals surface area contributed by atoms with E-state index in [1.54, 1.807) is 35.7 Å². The molecule has 2 N–H and O–H groups in total. The third-order valence-corrected chi connectivity index (χ3v) is 7.06. The molecule has 0 saturated heterocycles. The molecule has 2 aromatic carbocycles. The van der Waals surface area contributed by atoms with Crippen LogP contribution in [-0.4, -0.2) is 34.8 Å². The molecule has 11 heteroatoms. The number of para-hydroxylation sites is 1. The van der Waals surface area contributed by atoms with Crippen LogP contribution in [0.1, 0.15) is 15.9 Å². The second kappa shape index (κ2) is 9.82. The molecule has 0 aliphatic rings. The molecule has 1 aromatic heterocycles. The number of sulfonamides is 1. The molecule has 0 radical (unpaired) electrons. The number of amides is 1. The van der Waals surface area contributed by atoms with Crippen LogP contribution in [0.15, 0.2) is 63.2 Å². The van der Waals surface area contributed by atoms with Crippen LogP contribution in [0.25, 0.3) is 0 Å². The average Bonchev–Trinajstić information content (AvgIpc) is 3.29. The largest absolute Gasteiger partial charge is 0.493 e. The maximum atomic E-state index is 12.6. The number of benzene rings is 2. The van der Waals surface area contributed by atoms with Crippen LogP contribution in [-0.2, 0) is 10.0 Å². The predicted molar refractivity (Wildman–Crippen MR) is 121 cm³/mol. The second-order valence-electron chi connectivity index (χ2n) is 6.02. The van der Waals surface area contributed by atoms with Crippen LogP contribution >= 0.6 is 22.9 Å². The number of nitrogens with one attached hydrogen (secondary N) is 2. The summed E-state index contributed by atoms with van der Waals surface area (Å²) in [6.07, 6.45) is 1.38. The number of carbonyl (C=O) groups is 1. The van der Waals surface area contributed by atoms with E-state index in [1.807, 2.05) is 0 Å². The highest BCUT2D eigenvalue weighted by Gasteiger charge is 2.19. The second-order valence-corrected chi connectivity index (χ2v) is 9.28. The smallest absolute Gasteiger partial charge is 0.273 e. The Morgan fingerprint density at radius 1 is 1.13 bits per heavy atom. The van der Waals surface area contributed by atoms with Crippen molar-refractivity contribution < 1.29 is 22.7 Å². The number of carbonyl (C=O) groups excluding carboxylic acids is 1. The Morgan fingerprint density at radius 2 is 1.90 bits per heavy atom. The topological polar surface area (TPSA) is 106 Å². The Labute approximate surface area is 188 Å². The van der Waals surface area contributed by atoms with Gasteiger partial charge in [0.15, 0.2) is 11.5 Å². The fraction of sp³-hybridized carbons (Fsp3) is 0.100. The Bertz CT molecular complexity index is 1210. The Kier molecular flexibility index (Phi) is 7.16. The number of thiophene rings is 1. The maximum Gasteiger partial charge on any atom is 0.273 e. The van der Waals surface area contributed by atoms with E-state index in [0.29, 0.717) is 22.1 Å². The lowest BCUT2D eigenvalue weighted by atomic mass is 10.2. The molecule has 0 atom stereocenters. The van der Waals surface area contributed by atoms with Gasteiger partial charge in [0, 0.05) is 0 Å². The molecule has 0 unspecified atom stereocenters. The standard InChI is InChI=1S/C20H18ClN3O5S2/c1-28-17-11-13(10-15(21)19(17)29-2)12-22-23-20(25)14-6-3-4-7-16(14)24-31(26,27)18-8-5-9-30-18/h3-12,24H,1-2H3,(H,23,25)/b22-12-. The summed E-state index contributed by atoms with van der Waals surface area (Å²) in [5, 5.41) is 5.90. The molecule has 0 saturated carbocycles. The highest BCUT2D eigenvalue weighted by atomic mass is 35.5. The van der Waals surface area contributed by atoms with Crippen molar-refractivity contribution in [1.29, 1.82) is 0 Å². The van der Waals surface area contributed by atoms with Gasteiger partial charge >= 0.3 is 0 Å². The highest BCUT2D eigenvalue weighted by molar-refractivity contribution is 7.94. The molecule has 0 spiro atoms. The molecule has 0 fully saturated rings. The maximum absolute atomic E-state index is 12.6. The summed E-state index contributed by atoms with van der Waals surface area (Å²) in [6.45, 7) is 0. The molecule has 1 amide bonds. The van der Waals surface area contributed by atoms with Gasteiger partial charge in [0.1, 0.15) is 4.21 Å². The van der Waals surface area contributed by atoms with Crippen LogP contribution in [0.5, 0.6) is 11.5 Å². The molecule has 0 bridgehead atoms. The summed E-state index contributed by atoms with van der Waals surface area (Å²) >= 11 is 7.23. The number of rotatable bonds is 8. The fourth-order valence-electron chi connectivity index (χ4n) is 2.62. The zero-order chi connectivity index (χ0) is 22.4. The van der Waals surface area contributed by atoms with E-state index in [4.69, 9.17) is 21.1 Å². The monoisotopic (exact) mass is 479 g/mol. The molecule has 3 rings (SSSR count). The lowest BCUT2D eigenvalue weighted by molar-refractivity contribution is 0.0956. The van der Waals surface area contributed by atoms with E-state index >= 15 is 0 Å². The molecule has 1 heterocycles. The quantitative estimate of drug-likeness (QED) is 0.375. The van der Waals surface area contributed by atoms with Crippen LogP contribution in [0, 0.1) is 0 Å². The summed E-state index contributed by atoms with van der Waals surface area (Å²) in [5.41, 5.74) is 3.19. The normalized spacial score (nSPS) is 11.3. The van der Waals surface area contributed by atoms with Crippen molar-refractivity contribution in [2.75, 3.05) is 18.9 Å². The van der Waals surface area contributed by atoms with Crippen LogP contribution in [0.4, 0.5) is 5.69 Å². The minimum Gasteiger partial charge on any atom is -0.493 e.